The number of sulfonamides is 1. The molecule has 0 bridgehead atoms. The molecule has 198 valence electrons. The maximum absolute atomic E-state index is 13.8. The summed E-state index contributed by atoms with van der Waals surface area (Å²) in [6, 6.07) is 23.5. The Morgan fingerprint density at radius 3 is 2.13 bits per heavy atom. The summed E-state index contributed by atoms with van der Waals surface area (Å²) in [5.41, 5.74) is 1.67. The van der Waals surface area contributed by atoms with Crippen molar-refractivity contribution in [2.24, 2.45) is 0 Å². The molecule has 0 saturated heterocycles. The van der Waals surface area contributed by atoms with Crippen LogP contribution in [0.15, 0.2) is 89.8 Å². The fraction of sp³-hybridized carbons (Fsp3) is 0.276. The van der Waals surface area contributed by atoms with Crippen molar-refractivity contribution in [1.82, 2.24) is 14.5 Å². The van der Waals surface area contributed by atoms with E-state index in [-0.39, 0.29) is 29.3 Å². The molecule has 0 radical (unpaired) electrons. The fourth-order valence-electron chi connectivity index (χ4n) is 4.44. The Bertz CT molecular complexity index is 1390. The summed E-state index contributed by atoms with van der Waals surface area (Å²) in [5, 5.41) is 2.93. The molecule has 3 amide bonds. The molecule has 0 fully saturated rings. The van der Waals surface area contributed by atoms with Gasteiger partial charge >= 0.3 is 0 Å². The molecule has 1 heterocycles. The van der Waals surface area contributed by atoms with E-state index in [0.717, 1.165) is 24.0 Å². The van der Waals surface area contributed by atoms with Gasteiger partial charge in [0.05, 0.1) is 5.56 Å². The first-order chi connectivity index (χ1) is 18.3. The molecule has 1 atom stereocenters. The van der Waals surface area contributed by atoms with Crippen LogP contribution in [-0.2, 0) is 32.6 Å². The van der Waals surface area contributed by atoms with Crippen molar-refractivity contribution in [2.75, 3.05) is 13.1 Å². The minimum absolute atomic E-state index is 0.0352. The molecule has 38 heavy (non-hydrogen) atoms. The highest BCUT2D eigenvalue weighted by atomic mass is 32.2. The highest BCUT2D eigenvalue weighted by molar-refractivity contribution is 7.90. The van der Waals surface area contributed by atoms with Crippen molar-refractivity contribution in [2.45, 2.75) is 43.7 Å². The summed E-state index contributed by atoms with van der Waals surface area (Å²) in [7, 11) is -4.18. The van der Waals surface area contributed by atoms with E-state index >= 15 is 0 Å². The van der Waals surface area contributed by atoms with E-state index in [2.05, 4.69) is 5.32 Å². The van der Waals surface area contributed by atoms with E-state index in [1.807, 2.05) is 67.6 Å². The number of hydrogen-bond acceptors (Lipinski definition) is 5. The molecule has 4 rings (SSSR count). The van der Waals surface area contributed by atoms with Gasteiger partial charge in [0.1, 0.15) is 17.5 Å². The van der Waals surface area contributed by atoms with Crippen LogP contribution in [0.25, 0.3) is 0 Å². The lowest BCUT2D eigenvalue weighted by atomic mass is 10.0. The molecule has 1 aliphatic rings. The second-order valence-corrected chi connectivity index (χ2v) is 11.0. The van der Waals surface area contributed by atoms with Gasteiger partial charge in [0, 0.05) is 19.5 Å². The third kappa shape index (κ3) is 5.94. The quantitative estimate of drug-likeness (QED) is 0.381. The molecule has 8 nitrogen and oxygen atoms in total. The SMILES string of the molecule is CCCCNC(=O)[C@H](Cc1ccccc1)N(Cc1ccccc1)C(=O)CN1C(=O)c2ccccc2S1(=O)=O. The number of carbonyl (C=O) groups is 3. The Kier molecular flexibility index (Phi) is 8.58. The zero-order chi connectivity index (χ0) is 27.1. The number of rotatable bonds is 11. The number of amides is 3. The van der Waals surface area contributed by atoms with Crippen molar-refractivity contribution in [1.29, 1.82) is 0 Å². The first kappa shape index (κ1) is 27.1. The Balaban J connectivity index is 1.68. The van der Waals surface area contributed by atoms with Crippen molar-refractivity contribution in [3.05, 3.63) is 102 Å². The predicted octanol–water partition coefficient (Wildman–Crippen LogP) is 3.39. The lowest BCUT2D eigenvalue weighted by molar-refractivity contribution is -0.141. The molecule has 9 heteroatoms. The monoisotopic (exact) mass is 533 g/mol. The maximum atomic E-state index is 13.8. The van der Waals surface area contributed by atoms with Crippen LogP contribution in [-0.4, -0.2) is 54.5 Å². The summed E-state index contributed by atoms with van der Waals surface area (Å²) in [6.45, 7) is 1.86. The van der Waals surface area contributed by atoms with E-state index in [4.69, 9.17) is 0 Å². The van der Waals surface area contributed by atoms with Crippen LogP contribution < -0.4 is 5.32 Å². The van der Waals surface area contributed by atoms with Crippen molar-refractivity contribution >= 4 is 27.7 Å². The Morgan fingerprint density at radius 1 is 0.895 bits per heavy atom. The largest absolute Gasteiger partial charge is 0.354 e. The second-order valence-electron chi connectivity index (χ2n) is 9.17. The van der Waals surface area contributed by atoms with Crippen LogP contribution in [0.2, 0.25) is 0 Å². The summed E-state index contributed by atoms with van der Waals surface area (Å²) in [6.07, 6.45) is 1.92. The van der Waals surface area contributed by atoms with Gasteiger partial charge in [0.2, 0.25) is 11.8 Å². The Labute approximate surface area is 223 Å². The summed E-state index contributed by atoms with van der Waals surface area (Å²) in [5.74, 6) is -1.71. The normalized spacial score (nSPS) is 14.6. The molecule has 3 aromatic carbocycles. The maximum Gasteiger partial charge on any atom is 0.269 e. The molecule has 3 aromatic rings. The van der Waals surface area contributed by atoms with Gasteiger partial charge in [0.25, 0.3) is 15.9 Å². The first-order valence-corrected chi connectivity index (χ1v) is 14.1. The molecule has 0 aliphatic carbocycles. The van der Waals surface area contributed by atoms with Gasteiger partial charge in [-0.3, -0.25) is 14.4 Å². The van der Waals surface area contributed by atoms with E-state index in [0.29, 0.717) is 10.8 Å². The predicted molar refractivity (Wildman–Crippen MR) is 144 cm³/mol. The number of carbonyl (C=O) groups excluding carboxylic acids is 3. The second kappa shape index (κ2) is 12.0. The molecule has 0 saturated carbocycles. The van der Waals surface area contributed by atoms with Crippen LogP contribution >= 0.6 is 0 Å². The number of nitrogens with one attached hydrogen (secondary N) is 1. The lowest BCUT2D eigenvalue weighted by Crippen LogP contribution is -2.53. The van der Waals surface area contributed by atoms with Crippen molar-refractivity contribution in [3.63, 3.8) is 0 Å². The third-order valence-corrected chi connectivity index (χ3v) is 8.27. The Morgan fingerprint density at radius 2 is 1.50 bits per heavy atom. The standard InChI is InChI=1S/C29H31N3O5S/c1-2-3-18-30-28(34)25(19-22-12-6-4-7-13-22)31(20-23-14-8-5-9-15-23)27(33)21-32-29(35)24-16-10-11-17-26(24)38(32,36)37/h4-17,25H,2-3,18-21H2,1H3,(H,30,34)/t25-/m0/s1. The van der Waals surface area contributed by atoms with E-state index in [1.165, 1.54) is 23.1 Å². The van der Waals surface area contributed by atoms with Gasteiger partial charge in [-0.15, -0.1) is 0 Å². The number of fused-ring (bicyclic) bond motifs is 1. The molecule has 0 spiro atoms. The third-order valence-electron chi connectivity index (χ3n) is 6.49. The van der Waals surface area contributed by atoms with Crippen molar-refractivity contribution in [3.8, 4) is 0 Å². The molecule has 1 aliphatic heterocycles. The van der Waals surface area contributed by atoms with E-state index < -0.39 is 34.4 Å². The van der Waals surface area contributed by atoms with Crippen molar-refractivity contribution < 1.29 is 22.8 Å². The average Bonchev–Trinajstić information content (AvgIpc) is 3.12. The summed E-state index contributed by atoms with van der Waals surface area (Å²) >= 11 is 0. The van der Waals surface area contributed by atoms with Gasteiger partial charge in [-0.1, -0.05) is 86.1 Å². The highest BCUT2D eigenvalue weighted by Crippen LogP contribution is 2.30. The molecular weight excluding hydrogens is 502 g/mol. The number of unbranched alkanes of at least 4 members (excludes halogenated alkanes) is 1. The van der Waals surface area contributed by atoms with E-state index in [9.17, 15) is 22.8 Å². The zero-order valence-electron chi connectivity index (χ0n) is 21.2. The van der Waals surface area contributed by atoms with Crippen LogP contribution in [0.4, 0.5) is 0 Å². The minimum atomic E-state index is -4.18. The van der Waals surface area contributed by atoms with Gasteiger partial charge in [0.15, 0.2) is 0 Å². The number of hydrogen-bond donors (Lipinski definition) is 1. The molecule has 0 unspecified atom stereocenters. The van der Waals surface area contributed by atoms with Crippen LogP contribution in [0.1, 0.15) is 41.3 Å². The summed E-state index contributed by atoms with van der Waals surface area (Å²) in [4.78, 5) is 41.6. The number of nitrogens with zero attached hydrogens (tertiary/aromatic N) is 2. The molecule has 0 aromatic heterocycles. The fourth-order valence-corrected chi connectivity index (χ4v) is 5.96. The lowest BCUT2D eigenvalue weighted by Gasteiger charge is -2.32. The topological polar surface area (TPSA) is 104 Å². The van der Waals surface area contributed by atoms with E-state index in [1.54, 1.807) is 6.07 Å². The summed E-state index contributed by atoms with van der Waals surface area (Å²) < 4.78 is 26.9. The van der Waals surface area contributed by atoms with Crippen LogP contribution in [0.3, 0.4) is 0 Å². The minimum Gasteiger partial charge on any atom is -0.354 e. The molecular formula is C29H31N3O5S. The van der Waals surface area contributed by atoms with Crippen LogP contribution in [0.5, 0.6) is 0 Å². The van der Waals surface area contributed by atoms with Gasteiger partial charge in [-0.2, -0.15) is 0 Å². The molecule has 1 N–H and O–H groups in total. The highest BCUT2D eigenvalue weighted by Gasteiger charge is 2.43. The zero-order valence-corrected chi connectivity index (χ0v) is 22.1. The van der Waals surface area contributed by atoms with Gasteiger partial charge < -0.3 is 10.2 Å². The Hall–Kier alpha value is -3.98. The average molecular weight is 534 g/mol. The van der Waals surface area contributed by atoms with Gasteiger partial charge in [-0.05, 0) is 29.7 Å². The number of benzene rings is 3. The van der Waals surface area contributed by atoms with Crippen LogP contribution in [0, 0.1) is 0 Å². The van der Waals surface area contributed by atoms with Gasteiger partial charge in [-0.25, -0.2) is 12.7 Å². The smallest absolute Gasteiger partial charge is 0.269 e. The first-order valence-electron chi connectivity index (χ1n) is 12.6.